The Morgan fingerprint density at radius 1 is 1.32 bits per heavy atom. The third-order valence-corrected chi connectivity index (χ3v) is 4.13. The minimum absolute atomic E-state index is 0.197. The highest BCUT2D eigenvalue weighted by molar-refractivity contribution is 7.07. The highest BCUT2D eigenvalue weighted by atomic mass is 32.1. The van der Waals surface area contributed by atoms with Crippen LogP contribution in [0.25, 0.3) is 0 Å². The van der Waals surface area contributed by atoms with Gasteiger partial charge in [-0.1, -0.05) is 12.8 Å². The van der Waals surface area contributed by atoms with Crippen LogP contribution in [0.1, 0.15) is 44.6 Å². The molecule has 0 saturated heterocycles. The molecule has 0 spiro atoms. The van der Waals surface area contributed by atoms with Crippen molar-refractivity contribution in [2.24, 2.45) is 0 Å². The highest BCUT2D eigenvalue weighted by Crippen LogP contribution is 2.17. The molecule has 0 saturated carbocycles. The Bertz CT molecular complexity index is 407. The van der Waals surface area contributed by atoms with Crippen molar-refractivity contribution in [3.63, 3.8) is 0 Å². The third kappa shape index (κ3) is 6.87. The summed E-state index contributed by atoms with van der Waals surface area (Å²) < 4.78 is 10.3. The van der Waals surface area contributed by atoms with Gasteiger partial charge in [-0.3, -0.25) is 0 Å². The van der Waals surface area contributed by atoms with Crippen molar-refractivity contribution < 1.29 is 24.5 Å². The molecule has 0 aromatic carbocycles. The predicted molar refractivity (Wildman–Crippen MR) is 85.7 cm³/mol. The zero-order valence-electron chi connectivity index (χ0n) is 13.1. The van der Waals surface area contributed by atoms with E-state index in [1.54, 1.807) is 18.3 Å². The van der Waals surface area contributed by atoms with E-state index in [4.69, 9.17) is 9.47 Å². The molecule has 0 aliphatic rings. The molecule has 1 aromatic rings. The van der Waals surface area contributed by atoms with Gasteiger partial charge in [0.25, 0.3) is 0 Å². The number of hydrogen-bond donors (Lipinski definition) is 2. The fourth-order valence-electron chi connectivity index (χ4n) is 2.05. The number of thiophene rings is 1. The number of aliphatic hydroxyl groups excluding tert-OH is 1. The lowest BCUT2D eigenvalue weighted by molar-refractivity contribution is -0.170. The van der Waals surface area contributed by atoms with Crippen LogP contribution in [-0.2, 0) is 20.9 Å². The summed E-state index contributed by atoms with van der Waals surface area (Å²) in [6, 6.07) is 2.05. The monoisotopic (exact) mass is 330 g/mol. The lowest BCUT2D eigenvalue weighted by Crippen LogP contribution is -2.43. The Morgan fingerprint density at radius 3 is 2.73 bits per heavy atom. The van der Waals surface area contributed by atoms with E-state index >= 15 is 0 Å². The number of unbranched alkanes of at least 4 members (excludes halogenated alkanes) is 3. The Hall–Kier alpha value is -0.950. The predicted octanol–water partition coefficient (Wildman–Crippen LogP) is 2.50. The van der Waals surface area contributed by atoms with Crippen molar-refractivity contribution in [2.75, 3.05) is 19.8 Å². The summed E-state index contributed by atoms with van der Waals surface area (Å²) in [5.74, 6) is -0.739. The van der Waals surface area contributed by atoms with Crippen LogP contribution in [0.15, 0.2) is 16.8 Å². The standard InChI is InChI=1S/C16H26O5S/c1-2-21-15(18)16(19,13-17)8-5-3-4-6-9-20-11-14-7-10-22-12-14/h7,10,12,17,19H,2-6,8-9,11,13H2,1H3. The molecule has 0 bridgehead atoms. The second-order valence-corrected chi connectivity index (χ2v) is 6.04. The van der Waals surface area contributed by atoms with Gasteiger partial charge in [-0.15, -0.1) is 0 Å². The third-order valence-electron chi connectivity index (χ3n) is 3.39. The minimum atomic E-state index is -1.76. The first-order valence-corrected chi connectivity index (χ1v) is 8.66. The number of carbonyl (C=O) groups is 1. The van der Waals surface area contributed by atoms with Crippen LogP contribution >= 0.6 is 11.3 Å². The Labute approximate surface area is 135 Å². The Balaban J connectivity index is 2.05. The second kappa shape index (κ2) is 10.7. The molecular weight excluding hydrogens is 304 g/mol. The van der Waals surface area contributed by atoms with E-state index < -0.39 is 18.2 Å². The van der Waals surface area contributed by atoms with Crippen molar-refractivity contribution >= 4 is 17.3 Å². The maximum atomic E-state index is 11.6. The molecule has 1 unspecified atom stereocenters. The maximum absolute atomic E-state index is 11.6. The molecule has 0 aliphatic carbocycles. The SMILES string of the molecule is CCOC(=O)C(O)(CO)CCCCCCOCc1ccsc1. The summed E-state index contributed by atoms with van der Waals surface area (Å²) >= 11 is 1.66. The molecule has 126 valence electrons. The molecule has 0 aliphatic heterocycles. The minimum Gasteiger partial charge on any atom is -0.464 e. The summed E-state index contributed by atoms with van der Waals surface area (Å²) in [6.07, 6.45) is 3.68. The summed E-state index contributed by atoms with van der Waals surface area (Å²) in [6.45, 7) is 2.62. The van der Waals surface area contributed by atoms with Crippen LogP contribution in [-0.4, -0.2) is 41.6 Å². The number of carbonyl (C=O) groups excluding carboxylic acids is 1. The van der Waals surface area contributed by atoms with Crippen LogP contribution < -0.4 is 0 Å². The van der Waals surface area contributed by atoms with Gasteiger partial charge < -0.3 is 19.7 Å². The summed E-state index contributed by atoms with van der Waals surface area (Å²) in [5, 5.41) is 23.3. The number of aliphatic hydroxyl groups is 2. The van der Waals surface area contributed by atoms with E-state index in [9.17, 15) is 15.0 Å². The van der Waals surface area contributed by atoms with Crippen LogP contribution in [0.4, 0.5) is 0 Å². The molecule has 1 heterocycles. The first-order valence-electron chi connectivity index (χ1n) is 7.71. The zero-order chi connectivity index (χ0) is 16.3. The van der Waals surface area contributed by atoms with Crippen LogP contribution in [0.3, 0.4) is 0 Å². The Morgan fingerprint density at radius 2 is 2.09 bits per heavy atom. The van der Waals surface area contributed by atoms with Crippen molar-refractivity contribution in [1.82, 2.24) is 0 Å². The molecule has 0 amide bonds. The lowest BCUT2D eigenvalue weighted by Gasteiger charge is -2.23. The average Bonchev–Trinajstić information content (AvgIpc) is 3.03. The smallest absolute Gasteiger partial charge is 0.340 e. The molecule has 1 aromatic heterocycles. The van der Waals surface area contributed by atoms with Gasteiger partial charge in [0, 0.05) is 6.61 Å². The molecule has 5 nitrogen and oxygen atoms in total. The average molecular weight is 330 g/mol. The fourth-order valence-corrected chi connectivity index (χ4v) is 2.70. The first kappa shape index (κ1) is 19.1. The van der Waals surface area contributed by atoms with Crippen molar-refractivity contribution in [3.8, 4) is 0 Å². The van der Waals surface area contributed by atoms with Crippen LogP contribution in [0, 0.1) is 0 Å². The summed E-state index contributed by atoms with van der Waals surface area (Å²) in [4.78, 5) is 11.6. The van der Waals surface area contributed by atoms with E-state index in [2.05, 4.69) is 11.4 Å². The van der Waals surface area contributed by atoms with Gasteiger partial charge in [-0.05, 0) is 48.6 Å². The summed E-state index contributed by atoms with van der Waals surface area (Å²) in [7, 11) is 0. The fraction of sp³-hybridized carbons (Fsp3) is 0.688. The van der Waals surface area contributed by atoms with Crippen molar-refractivity contribution in [2.45, 2.75) is 51.2 Å². The first-order chi connectivity index (χ1) is 10.6. The van der Waals surface area contributed by atoms with E-state index in [-0.39, 0.29) is 13.0 Å². The van der Waals surface area contributed by atoms with E-state index in [0.29, 0.717) is 19.6 Å². The topological polar surface area (TPSA) is 76.0 Å². The maximum Gasteiger partial charge on any atom is 0.340 e. The van der Waals surface area contributed by atoms with Gasteiger partial charge in [0.15, 0.2) is 5.60 Å². The van der Waals surface area contributed by atoms with E-state index in [0.717, 1.165) is 19.3 Å². The van der Waals surface area contributed by atoms with Crippen LogP contribution in [0.2, 0.25) is 0 Å². The molecule has 22 heavy (non-hydrogen) atoms. The van der Waals surface area contributed by atoms with E-state index in [1.165, 1.54) is 5.56 Å². The molecular formula is C16H26O5S. The number of esters is 1. The van der Waals surface area contributed by atoms with Crippen LogP contribution in [0.5, 0.6) is 0 Å². The molecule has 0 fully saturated rings. The number of ether oxygens (including phenoxy) is 2. The molecule has 1 rings (SSSR count). The lowest BCUT2D eigenvalue weighted by atomic mass is 9.97. The summed E-state index contributed by atoms with van der Waals surface area (Å²) in [5.41, 5.74) is -0.557. The van der Waals surface area contributed by atoms with Gasteiger partial charge >= 0.3 is 5.97 Å². The highest BCUT2D eigenvalue weighted by Gasteiger charge is 2.36. The molecule has 2 N–H and O–H groups in total. The zero-order valence-corrected chi connectivity index (χ0v) is 13.9. The van der Waals surface area contributed by atoms with Gasteiger partial charge in [-0.25, -0.2) is 4.79 Å². The molecule has 0 radical (unpaired) electrons. The largest absolute Gasteiger partial charge is 0.464 e. The quantitative estimate of drug-likeness (QED) is 0.455. The van der Waals surface area contributed by atoms with Crippen molar-refractivity contribution in [1.29, 1.82) is 0 Å². The van der Waals surface area contributed by atoms with Gasteiger partial charge in [0.1, 0.15) is 0 Å². The van der Waals surface area contributed by atoms with E-state index in [1.807, 2.05) is 5.38 Å². The van der Waals surface area contributed by atoms with Crippen molar-refractivity contribution in [3.05, 3.63) is 22.4 Å². The molecule has 1 atom stereocenters. The Kier molecular flexibility index (Phi) is 9.31. The van der Waals surface area contributed by atoms with Gasteiger partial charge in [0.05, 0.1) is 19.8 Å². The normalized spacial score (nSPS) is 13.8. The second-order valence-electron chi connectivity index (χ2n) is 5.26. The number of hydrogen-bond acceptors (Lipinski definition) is 6. The van der Waals surface area contributed by atoms with Gasteiger partial charge in [-0.2, -0.15) is 11.3 Å². The molecule has 6 heteroatoms. The van der Waals surface area contributed by atoms with Gasteiger partial charge in [0.2, 0.25) is 0 Å². The number of rotatable bonds is 12.